The maximum Gasteiger partial charge on any atom is 0.126 e. The summed E-state index contributed by atoms with van der Waals surface area (Å²) in [7, 11) is 3.34. The van der Waals surface area contributed by atoms with Crippen LogP contribution in [0.3, 0.4) is 0 Å². The number of nitrogens with one attached hydrogen (secondary N) is 1. The number of methoxy groups -OCH3 is 2. The van der Waals surface area contributed by atoms with Gasteiger partial charge in [-0.2, -0.15) is 0 Å². The van der Waals surface area contributed by atoms with Crippen molar-refractivity contribution in [1.82, 2.24) is 5.32 Å². The fourth-order valence-electron chi connectivity index (χ4n) is 2.07. The molecule has 0 spiro atoms. The first-order valence-electron chi connectivity index (χ1n) is 6.59. The van der Waals surface area contributed by atoms with Gasteiger partial charge in [-0.3, -0.25) is 0 Å². The van der Waals surface area contributed by atoms with Crippen LogP contribution < -0.4 is 20.5 Å². The summed E-state index contributed by atoms with van der Waals surface area (Å²) in [6, 6.07) is 6.10. The number of rotatable bonds is 7. The Kier molecular flexibility index (Phi) is 5.63. The molecule has 0 saturated carbocycles. The van der Waals surface area contributed by atoms with E-state index in [1.54, 1.807) is 14.2 Å². The molecule has 0 heterocycles. The lowest BCUT2D eigenvalue weighted by molar-refractivity contribution is 0.374. The minimum Gasteiger partial charge on any atom is -0.497 e. The van der Waals surface area contributed by atoms with E-state index < -0.39 is 0 Å². The number of nitrogens with two attached hydrogens (primary N) is 1. The minimum atomic E-state index is -0.0352. The van der Waals surface area contributed by atoms with E-state index in [1.165, 1.54) is 0 Å². The molecule has 0 saturated heterocycles. The third-order valence-corrected chi connectivity index (χ3v) is 3.17. The number of hydrogen-bond donors (Lipinski definition) is 2. The van der Waals surface area contributed by atoms with E-state index in [9.17, 15) is 0 Å². The van der Waals surface area contributed by atoms with Crippen molar-refractivity contribution >= 4 is 0 Å². The zero-order chi connectivity index (χ0) is 14.5. The summed E-state index contributed by atoms with van der Waals surface area (Å²) in [6.07, 6.45) is 0. The van der Waals surface area contributed by atoms with E-state index in [4.69, 9.17) is 15.2 Å². The van der Waals surface area contributed by atoms with E-state index in [1.807, 2.05) is 19.1 Å². The van der Waals surface area contributed by atoms with Crippen LogP contribution in [0.5, 0.6) is 11.5 Å². The van der Waals surface area contributed by atoms with Gasteiger partial charge in [-0.15, -0.1) is 0 Å². The molecule has 19 heavy (non-hydrogen) atoms. The molecule has 0 radical (unpaired) electrons. The molecule has 1 rings (SSSR count). The van der Waals surface area contributed by atoms with Gasteiger partial charge in [0.2, 0.25) is 0 Å². The van der Waals surface area contributed by atoms with Crippen molar-refractivity contribution in [3.05, 3.63) is 23.8 Å². The molecule has 1 atom stereocenters. The molecular formula is C15H26N2O2. The van der Waals surface area contributed by atoms with E-state index in [0.717, 1.165) is 30.2 Å². The Hall–Kier alpha value is -1.26. The monoisotopic (exact) mass is 266 g/mol. The lowest BCUT2D eigenvalue weighted by Crippen LogP contribution is -2.39. The first-order valence-corrected chi connectivity index (χ1v) is 6.59. The summed E-state index contributed by atoms with van der Waals surface area (Å²) in [5.41, 5.74) is 6.88. The number of ether oxygens (including phenoxy) is 2. The Morgan fingerprint density at radius 1 is 1.26 bits per heavy atom. The normalized spacial score (nSPS) is 13.2. The molecule has 4 heteroatoms. The molecule has 0 aromatic heterocycles. The highest BCUT2D eigenvalue weighted by Gasteiger charge is 2.24. The summed E-state index contributed by atoms with van der Waals surface area (Å²) < 4.78 is 10.7. The second-order valence-corrected chi connectivity index (χ2v) is 5.56. The van der Waals surface area contributed by atoms with Crippen LogP contribution in [0, 0.1) is 0 Å². The van der Waals surface area contributed by atoms with Gasteiger partial charge in [0.1, 0.15) is 11.5 Å². The first-order chi connectivity index (χ1) is 8.90. The van der Waals surface area contributed by atoms with Crippen molar-refractivity contribution in [2.45, 2.75) is 32.2 Å². The van der Waals surface area contributed by atoms with Crippen LogP contribution >= 0.6 is 0 Å². The first kappa shape index (κ1) is 15.8. The Morgan fingerprint density at radius 2 is 1.95 bits per heavy atom. The van der Waals surface area contributed by atoms with Gasteiger partial charge in [-0.1, -0.05) is 19.9 Å². The van der Waals surface area contributed by atoms with Crippen molar-refractivity contribution < 1.29 is 9.47 Å². The molecule has 1 aromatic carbocycles. The van der Waals surface area contributed by atoms with Crippen LogP contribution in [0.25, 0.3) is 0 Å². The van der Waals surface area contributed by atoms with Gasteiger partial charge in [0, 0.05) is 36.2 Å². The number of benzene rings is 1. The Bertz CT molecular complexity index is 403. The van der Waals surface area contributed by atoms with Crippen LogP contribution in [-0.2, 0) is 5.41 Å². The van der Waals surface area contributed by atoms with E-state index in [0.29, 0.717) is 0 Å². The van der Waals surface area contributed by atoms with Gasteiger partial charge in [0.05, 0.1) is 14.2 Å². The summed E-state index contributed by atoms with van der Waals surface area (Å²) >= 11 is 0. The quantitative estimate of drug-likeness (QED) is 0.791. The predicted octanol–water partition coefficient (Wildman–Crippen LogP) is 1.92. The van der Waals surface area contributed by atoms with Crippen molar-refractivity contribution in [2.24, 2.45) is 5.73 Å². The van der Waals surface area contributed by atoms with Gasteiger partial charge < -0.3 is 20.5 Å². The summed E-state index contributed by atoms with van der Waals surface area (Å²) in [5, 5.41) is 3.39. The van der Waals surface area contributed by atoms with Gasteiger partial charge in [0.15, 0.2) is 0 Å². The Labute approximate surface area is 116 Å². The topological polar surface area (TPSA) is 56.5 Å². The molecule has 0 bridgehead atoms. The lowest BCUT2D eigenvalue weighted by Gasteiger charge is -2.28. The van der Waals surface area contributed by atoms with E-state index in [-0.39, 0.29) is 11.5 Å². The maximum absolute atomic E-state index is 5.75. The smallest absolute Gasteiger partial charge is 0.126 e. The highest BCUT2D eigenvalue weighted by Crippen LogP contribution is 2.33. The lowest BCUT2D eigenvalue weighted by atomic mass is 9.83. The fraction of sp³-hybridized carbons (Fsp3) is 0.600. The summed E-state index contributed by atoms with van der Waals surface area (Å²) in [5.74, 6) is 1.66. The molecular weight excluding hydrogens is 240 g/mol. The van der Waals surface area contributed by atoms with Gasteiger partial charge in [0.25, 0.3) is 0 Å². The SMILES string of the molecule is COc1ccc(C(C)(C)CNCC(C)N)c(OC)c1. The third kappa shape index (κ3) is 4.40. The molecule has 0 aliphatic heterocycles. The van der Waals surface area contributed by atoms with Crippen molar-refractivity contribution in [3.63, 3.8) is 0 Å². The average molecular weight is 266 g/mol. The third-order valence-electron chi connectivity index (χ3n) is 3.17. The fourth-order valence-corrected chi connectivity index (χ4v) is 2.07. The maximum atomic E-state index is 5.75. The van der Waals surface area contributed by atoms with Crippen molar-refractivity contribution in [2.75, 3.05) is 27.3 Å². The molecule has 0 fully saturated rings. The molecule has 1 aromatic rings. The largest absolute Gasteiger partial charge is 0.497 e. The molecule has 0 aliphatic carbocycles. The van der Waals surface area contributed by atoms with Gasteiger partial charge in [-0.25, -0.2) is 0 Å². The highest BCUT2D eigenvalue weighted by atomic mass is 16.5. The summed E-state index contributed by atoms with van der Waals surface area (Å²) in [6.45, 7) is 8.02. The second-order valence-electron chi connectivity index (χ2n) is 5.56. The zero-order valence-corrected chi connectivity index (χ0v) is 12.6. The van der Waals surface area contributed by atoms with Crippen molar-refractivity contribution in [3.8, 4) is 11.5 Å². The molecule has 108 valence electrons. The van der Waals surface area contributed by atoms with Gasteiger partial charge >= 0.3 is 0 Å². The molecule has 4 nitrogen and oxygen atoms in total. The highest BCUT2D eigenvalue weighted by molar-refractivity contribution is 5.44. The van der Waals surface area contributed by atoms with Crippen LogP contribution in [0.2, 0.25) is 0 Å². The van der Waals surface area contributed by atoms with E-state index >= 15 is 0 Å². The molecule has 0 amide bonds. The molecule has 1 unspecified atom stereocenters. The molecule has 0 aliphatic rings. The van der Waals surface area contributed by atoms with Crippen LogP contribution in [0.1, 0.15) is 26.3 Å². The average Bonchev–Trinajstić information content (AvgIpc) is 2.37. The zero-order valence-electron chi connectivity index (χ0n) is 12.6. The van der Waals surface area contributed by atoms with Gasteiger partial charge in [-0.05, 0) is 13.0 Å². The van der Waals surface area contributed by atoms with E-state index in [2.05, 4.69) is 25.2 Å². The van der Waals surface area contributed by atoms with Crippen LogP contribution in [0.15, 0.2) is 18.2 Å². The van der Waals surface area contributed by atoms with Crippen molar-refractivity contribution in [1.29, 1.82) is 0 Å². The second kappa shape index (κ2) is 6.78. The Morgan fingerprint density at radius 3 is 2.47 bits per heavy atom. The summed E-state index contributed by atoms with van der Waals surface area (Å²) in [4.78, 5) is 0. The van der Waals surface area contributed by atoms with Crippen LogP contribution in [0.4, 0.5) is 0 Å². The molecule has 3 N–H and O–H groups in total. The predicted molar refractivity (Wildman–Crippen MR) is 79.1 cm³/mol. The minimum absolute atomic E-state index is 0.0352. The van der Waals surface area contributed by atoms with Crippen LogP contribution in [-0.4, -0.2) is 33.4 Å². The number of hydrogen-bond acceptors (Lipinski definition) is 4. The Balaban J connectivity index is 2.87. The standard InChI is InChI=1S/C15H26N2O2/c1-11(16)9-17-10-15(2,3)13-7-6-12(18-4)8-14(13)19-5/h6-8,11,17H,9-10,16H2,1-5H3.